The highest BCUT2D eigenvalue weighted by molar-refractivity contribution is 5.95. The third kappa shape index (κ3) is 10.6. The summed E-state index contributed by atoms with van der Waals surface area (Å²) in [5.41, 5.74) is 11.3. The molecule has 1 rings (SSSR count). The van der Waals surface area contributed by atoms with Crippen molar-refractivity contribution < 1.29 is 34.2 Å². The molecule has 182 valence electrons. The van der Waals surface area contributed by atoms with E-state index in [1.54, 1.807) is 30.3 Å². The Hall–Kier alpha value is -3.51. The number of nitrogens with one attached hydrogen (secondary N) is 3. The topological polar surface area (TPSA) is 214 Å². The van der Waals surface area contributed by atoms with Crippen molar-refractivity contribution in [3.8, 4) is 0 Å². The second-order valence-electron chi connectivity index (χ2n) is 7.36. The van der Waals surface area contributed by atoms with Crippen molar-refractivity contribution in [3.05, 3.63) is 35.9 Å². The minimum Gasteiger partial charge on any atom is -0.481 e. The van der Waals surface area contributed by atoms with Crippen LogP contribution in [0.1, 0.15) is 31.2 Å². The number of aliphatic carboxylic acids is 2. The first-order valence-electron chi connectivity index (χ1n) is 10.5. The summed E-state index contributed by atoms with van der Waals surface area (Å²) in [4.78, 5) is 59.9. The van der Waals surface area contributed by atoms with Crippen LogP contribution in [0.25, 0.3) is 0 Å². The fourth-order valence-electron chi connectivity index (χ4n) is 2.99. The van der Waals surface area contributed by atoms with Gasteiger partial charge in [0.25, 0.3) is 0 Å². The van der Waals surface area contributed by atoms with Crippen molar-refractivity contribution in [1.29, 1.82) is 0 Å². The number of carbonyl (C=O) groups is 5. The van der Waals surface area contributed by atoms with Crippen molar-refractivity contribution >= 4 is 29.7 Å². The van der Waals surface area contributed by atoms with Gasteiger partial charge in [-0.05, 0) is 31.4 Å². The summed E-state index contributed by atoms with van der Waals surface area (Å²) >= 11 is 0. The lowest BCUT2D eigenvalue weighted by Gasteiger charge is -2.24. The Bertz CT molecular complexity index is 818. The summed E-state index contributed by atoms with van der Waals surface area (Å²) in [6, 6.07) is 4.78. The van der Waals surface area contributed by atoms with Gasteiger partial charge in [-0.15, -0.1) is 0 Å². The van der Waals surface area contributed by atoms with Gasteiger partial charge in [-0.1, -0.05) is 30.3 Å². The predicted molar refractivity (Wildman–Crippen MR) is 118 cm³/mol. The molecule has 0 saturated carbocycles. The van der Waals surface area contributed by atoms with E-state index >= 15 is 0 Å². The molecule has 1 aromatic rings. The van der Waals surface area contributed by atoms with E-state index in [1.165, 1.54) is 0 Å². The standard InChI is InChI=1S/C21H31N5O7/c22-9-5-4-8-14(21(32)33)25-19(30)15(10-13-6-2-1-3-7-13)26-20(31)16(11-18(28)29)24-17(27)12-23/h1-3,6-7,14-16H,4-5,8-12,22-23H2,(H,24,27)(H,25,30)(H,26,31)(H,28,29)(H,32,33). The highest BCUT2D eigenvalue weighted by atomic mass is 16.4. The summed E-state index contributed by atoms with van der Waals surface area (Å²) in [5, 5.41) is 25.5. The van der Waals surface area contributed by atoms with E-state index < -0.39 is 60.8 Å². The first-order chi connectivity index (χ1) is 15.7. The molecule has 0 aliphatic heterocycles. The lowest BCUT2D eigenvalue weighted by atomic mass is 10.0. The van der Waals surface area contributed by atoms with Crippen LogP contribution < -0.4 is 27.4 Å². The summed E-state index contributed by atoms with van der Waals surface area (Å²) in [6.45, 7) is -0.0765. The van der Waals surface area contributed by atoms with Crippen LogP contribution in [0.3, 0.4) is 0 Å². The fraction of sp³-hybridized carbons (Fsp3) is 0.476. The first kappa shape index (κ1) is 27.5. The van der Waals surface area contributed by atoms with Gasteiger partial charge >= 0.3 is 11.9 Å². The van der Waals surface area contributed by atoms with Crippen LogP contribution in [0.5, 0.6) is 0 Å². The molecule has 0 saturated heterocycles. The van der Waals surface area contributed by atoms with E-state index in [0.29, 0.717) is 24.9 Å². The summed E-state index contributed by atoms with van der Waals surface area (Å²) in [5.74, 6) is -4.99. The van der Waals surface area contributed by atoms with E-state index in [2.05, 4.69) is 16.0 Å². The number of nitrogens with two attached hydrogens (primary N) is 2. The lowest BCUT2D eigenvalue weighted by molar-refractivity contribution is -0.143. The van der Waals surface area contributed by atoms with Crippen molar-refractivity contribution in [2.24, 2.45) is 11.5 Å². The van der Waals surface area contributed by atoms with E-state index in [9.17, 15) is 29.1 Å². The van der Waals surface area contributed by atoms with Crippen LogP contribution in [0.4, 0.5) is 0 Å². The number of carboxylic acids is 2. The maximum Gasteiger partial charge on any atom is 0.326 e. The quantitative estimate of drug-likeness (QED) is 0.147. The molecule has 0 aromatic heterocycles. The van der Waals surface area contributed by atoms with Crippen LogP contribution in [-0.4, -0.2) is 71.1 Å². The van der Waals surface area contributed by atoms with Crippen LogP contribution in [-0.2, 0) is 30.4 Å². The minimum atomic E-state index is -1.47. The molecule has 3 atom stereocenters. The maximum absolute atomic E-state index is 12.9. The zero-order chi connectivity index (χ0) is 24.8. The molecule has 33 heavy (non-hydrogen) atoms. The second kappa shape index (κ2) is 14.5. The third-order valence-electron chi connectivity index (χ3n) is 4.69. The number of benzene rings is 1. The molecular formula is C21H31N5O7. The number of carbonyl (C=O) groups excluding carboxylic acids is 3. The number of carboxylic acid groups (broad SMARTS) is 2. The molecule has 9 N–H and O–H groups in total. The van der Waals surface area contributed by atoms with Crippen molar-refractivity contribution in [1.82, 2.24) is 16.0 Å². The van der Waals surface area contributed by atoms with Gasteiger partial charge in [0, 0.05) is 6.42 Å². The Morgan fingerprint density at radius 2 is 1.42 bits per heavy atom. The molecule has 3 unspecified atom stereocenters. The molecule has 0 aliphatic carbocycles. The average molecular weight is 466 g/mol. The molecule has 3 amide bonds. The van der Waals surface area contributed by atoms with Crippen LogP contribution in [0, 0.1) is 0 Å². The molecule has 12 nitrogen and oxygen atoms in total. The fourth-order valence-corrected chi connectivity index (χ4v) is 2.99. The van der Waals surface area contributed by atoms with Gasteiger partial charge in [-0.2, -0.15) is 0 Å². The van der Waals surface area contributed by atoms with Crippen molar-refractivity contribution in [2.75, 3.05) is 13.1 Å². The summed E-state index contributed by atoms with van der Waals surface area (Å²) in [6.07, 6.45) is 0.502. The maximum atomic E-state index is 12.9. The smallest absolute Gasteiger partial charge is 0.326 e. The number of hydrogen-bond acceptors (Lipinski definition) is 7. The largest absolute Gasteiger partial charge is 0.481 e. The monoisotopic (exact) mass is 465 g/mol. The van der Waals surface area contributed by atoms with Crippen molar-refractivity contribution in [2.45, 2.75) is 50.2 Å². The molecule has 0 fully saturated rings. The van der Waals surface area contributed by atoms with Crippen molar-refractivity contribution in [3.63, 3.8) is 0 Å². The highest BCUT2D eigenvalue weighted by Gasteiger charge is 2.30. The SMILES string of the molecule is NCCCCC(NC(=O)C(Cc1ccccc1)NC(=O)C(CC(=O)O)NC(=O)CN)C(=O)O. The lowest BCUT2D eigenvalue weighted by Crippen LogP contribution is -2.57. The molecule has 0 radical (unpaired) electrons. The summed E-state index contributed by atoms with van der Waals surface area (Å²) < 4.78 is 0. The molecular weight excluding hydrogens is 434 g/mol. The number of rotatable bonds is 15. The van der Waals surface area contributed by atoms with Crippen LogP contribution in [0.2, 0.25) is 0 Å². The van der Waals surface area contributed by atoms with E-state index in [1.807, 2.05) is 0 Å². The first-order valence-corrected chi connectivity index (χ1v) is 10.5. The Kier molecular flexibility index (Phi) is 12.1. The van der Waals surface area contributed by atoms with Crippen LogP contribution >= 0.6 is 0 Å². The number of unbranched alkanes of at least 4 members (excludes halogenated alkanes) is 1. The van der Waals surface area contributed by atoms with Gasteiger partial charge in [0.2, 0.25) is 17.7 Å². The Morgan fingerprint density at radius 3 is 1.97 bits per heavy atom. The van der Waals surface area contributed by atoms with Crippen LogP contribution in [0.15, 0.2) is 30.3 Å². The zero-order valence-electron chi connectivity index (χ0n) is 18.2. The van der Waals surface area contributed by atoms with Gasteiger partial charge in [0.15, 0.2) is 0 Å². The highest BCUT2D eigenvalue weighted by Crippen LogP contribution is 2.07. The van der Waals surface area contributed by atoms with Gasteiger partial charge in [0.05, 0.1) is 13.0 Å². The molecule has 0 spiro atoms. The molecule has 12 heteroatoms. The second-order valence-corrected chi connectivity index (χ2v) is 7.36. The number of amides is 3. The van der Waals surface area contributed by atoms with E-state index in [4.69, 9.17) is 16.6 Å². The Labute approximate surface area is 191 Å². The Morgan fingerprint density at radius 1 is 0.818 bits per heavy atom. The van der Waals surface area contributed by atoms with Gasteiger partial charge in [-0.25, -0.2) is 4.79 Å². The minimum absolute atomic E-state index is 0.0121. The zero-order valence-corrected chi connectivity index (χ0v) is 18.2. The number of hydrogen-bond donors (Lipinski definition) is 7. The predicted octanol–water partition coefficient (Wildman–Crippen LogP) is -1.67. The average Bonchev–Trinajstić information content (AvgIpc) is 2.77. The van der Waals surface area contributed by atoms with Gasteiger partial charge < -0.3 is 37.6 Å². The molecule has 0 heterocycles. The normalized spacial score (nSPS) is 13.3. The van der Waals surface area contributed by atoms with Gasteiger partial charge in [0.1, 0.15) is 18.1 Å². The summed E-state index contributed by atoms with van der Waals surface area (Å²) in [7, 11) is 0. The molecule has 1 aromatic carbocycles. The molecule has 0 aliphatic rings. The van der Waals surface area contributed by atoms with Gasteiger partial charge in [-0.3, -0.25) is 19.2 Å². The Balaban J connectivity index is 3.05. The third-order valence-corrected chi connectivity index (χ3v) is 4.69. The molecule has 0 bridgehead atoms. The van der Waals surface area contributed by atoms with E-state index in [0.717, 1.165) is 0 Å². The van der Waals surface area contributed by atoms with E-state index in [-0.39, 0.29) is 12.8 Å².